The van der Waals surface area contributed by atoms with Crippen LogP contribution < -0.4 is 9.47 Å². The van der Waals surface area contributed by atoms with Crippen LogP contribution in [0.2, 0.25) is 0 Å². The van der Waals surface area contributed by atoms with Gasteiger partial charge in [-0.15, -0.1) is 0 Å². The molecule has 1 heterocycles. The zero-order valence-electron chi connectivity index (χ0n) is 10.7. The molecule has 1 aliphatic heterocycles. The molecular weight excluding hydrogens is 252 g/mol. The Morgan fingerprint density at radius 3 is 2.44 bits per heavy atom. The molecule has 1 aromatic rings. The van der Waals surface area contributed by atoms with Gasteiger partial charge in [-0.3, -0.25) is 0 Å². The molecule has 5 heteroatoms. The first-order valence-electron chi connectivity index (χ1n) is 6.02. The van der Waals surface area contributed by atoms with Gasteiger partial charge in [-0.1, -0.05) is 6.07 Å². The van der Waals surface area contributed by atoms with Crippen LogP contribution in [-0.2, 0) is 9.84 Å². The lowest BCUT2D eigenvalue weighted by atomic mass is 10.2. The van der Waals surface area contributed by atoms with Crippen molar-refractivity contribution in [3.05, 3.63) is 23.8 Å². The van der Waals surface area contributed by atoms with E-state index in [0.29, 0.717) is 24.3 Å². The fourth-order valence-electron chi connectivity index (χ4n) is 2.04. The monoisotopic (exact) mass is 270 g/mol. The van der Waals surface area contributed by atoms with E-state index in [-0.39, 0.29) is 17.6 Å². The van der Waals surface area contributed by atoms with Crippen LogP contribution in [-0.4, -0.2) is 33.1 Å². The highest BCUT2D eigenvalue weighted by Crippen LogP contribution is 2.30. The summed E-state index contributed by atoms with van der Waals surface area (Å²) in [5, 5.41) is 0. The Morgan fingerprint density at radius 2 is 1.83 bits per heavy atom. The third-order valence-corrected chi connectivity index (χ3v) is 4.83. The van der Waals surface area contributed by atoms with Gasteiger partial charge < -0.3 is 9.47 Å². The first kappa shape index (κ1) is 13.2. The van der Waals surface area contributed by atoms with Crippen LogP contribution in [0.5, 0.6) is 11.5 Å². The first-order valence-corrected chi connectivity index (χ1v) is 7.84. The van der Waals surface area contributed by atoms with Crippen molar-refractivity contribution in [1.29, 1.82) is 0 Å². The van der Waals surface area contributed by atoms with Crippen molar-refractivity contribution >= 4 is 9.84 Å². The number of benzene rings is 1. The van der Waals surface area contributed by atoms with Gasteiger partial charge >= 0.3 is 0 Å². The molecule has 1 fully saturated rings. The minimum Gasteiger partial charge on any atom is -0.493 e. The third-order valence-electron chi connectivity index (χ3n) is 3.11. The zero-order valence-corrected chi connectivity index (χ0v) is 11.5. The van der Waals surface area contributed by atoms with E-state index in [1.54, 1.807) is 7.11 Å². The molecule has 1 aromatic carbocycles. The quantitative estimate of drug-likeness (QED) is 0.842. The highest BCUT2D eigenvalue weighted by Gasteiger charge is 2.25. The normalized spacial score (nSPS) is 19.4. The van der Waals surface area contributed by atoms with E-state index in [4.69, 9.17) is 9.47 Å². The summed E-state index contributed by atoms with van der Waals surface area (Å²) in [7, 11) is -1.24. The van der Waals surface area contributed by atoms with Gasteiger partial charge in [0.15, 0.2) is 21.3 Å². The van der Waals surface area contributed by atoms with Crippen molar-refractivity contribution in [2.75, 3.05) is 18.6 Å². The molecule has 0 saturated carbocycles. The summed E-state index contributed by atoms with van der Waals surface area (Å²) in [4.78, 5) is 0. The minimum atomic E-state index is -2.84. The molecular formula is C13H18O4S. The third kappa shape index (κ3) is 3.16. The molecule has 0 radical (unpaired) electrons. The van der Waals surface area contributed by atoms with Crippen LogP contribution in [0.4, 0.5) is 0 Å². The molecule has 0 bridgehead atoms. The predicted molar refractivity (Wildman–Crippen MR) is 70.0 cm³/mol. The molecule has 0 atom stereocenters. The SMILES string of the molecule is COc1cc(C)ccc1OC1CCS(=O)(=O)CC1. The summed E-state index contributed by atoms with van der Waals surface area (Å²) in [5.74, 6) is 1.81. The zero-order chi connectivity index (χ0) is 13.2. The van der Waals surface area contributed by atoms with E-state index in [1.807, 2.05) is 25.1 Å². The largest absolute Gasteiger partial charge is 0.493 e. The maximum absolute atomic E-state index is 11.3. The van der Waals surface area contributed by atoms with E-state index in [0.717, 1.165) is 5.56 Å². The van der Waals surface area contributed by atoms with Crippen LogP contribution in [0.25, 0.3) is 0 Å². The number of sulfone groups is 1. The summed E-state index contributed by atoms with van der Waals surface area (Å²) in [6.45, 7) is 1.99. The highest BCUT2D eigenvalue weighted by atomic mass is 32.2. The molecule has 0 spiro atoms. The average Bonchev–Trinajstić information content (AvgIpc) is 2.34. The lowest BCUT2D eigenvalue weighted by Gasteiger charge is -2.24. The number of ether oxygens (including phenoxy) is 2. The Morgan fingerprint density at radius 1 is 1.17 bits per heavy atom. The van der Waals surface area contributed by atoms with Gasteiger partial charge in [0.2, 0.25) is 0 Å². The van der Waals surface area contributed by atoms with Gasteiger partial charge in [0.05, 0.1) is 18.6 Å². The van der Waals surface area contributed by atoms with Gasteiger partial charge in [0.25, 0.3) is 0 Å². The Balaban J connectivity index is 2.06. The maximum atomic E-state index is 11.3. The minimum absolute atomic E-state index is 0.0369. The van der Waals surface area contributed by atoms with Crippen molar-refractivity contribution in [2.24, 2.45) is 0 Å². The average molecular weight is 270 g/mol. The molecule has 100 valence electrons. The first-order chi connectivity index (χ1) is 8.50. The lowest BCUT2D eigenvalue weighted by molar-refractivity contribution is 0.182. The van der Waals surface area contributed by atoms with E-state index in [9.17, 15) is 8.42 Å². The molecule has 1 aliphatic rings. The summed E-state index contributed by atoms with van der Waals surface area (Å²) in [6.07, 6.45) is 1.07. The number of aryl methyl sites for hydroxylation is 1. The molecule has 18 heavy (non-hydrogen) atoms. The van der Waals surface area contributed by atoms with Gasteiger partial charge in [-0.25, -0.2) is 8.42 Å². The summed E-state index contributed by atoms with van der Waals surface area (Å²) in [5.41, 5.74) is 1.10. The standard InChI is InChI=1S/C13H18O4S/c1-10-3-4-12(13(9-10)16-2)17-11-5-7-18(14,15)8-6-11/h3-4,9,11H,5-8H2,1-2H3. The molecule has 0 aliphatic carbocycles. The lowest BCUT2D eigenvalue weighted by Crippen LogP contribution is -2.30. The molecule has 0 amide bonds. The molecule has 0 aromatic heterocycles. The van der Waals surface area contributed by atoms with Crippen LogP contribution in [0.1, 0.15) is 18.4 Å². The van der Waals surface area contributed by atoms with E-state index >= 15 is 0 Å². The fraction of sp³-hybridized carbons (Fsp3) is 0.538. The molecule has 0 unspecified atom stereocenters. The predicted octanol–water partition coefficient (Wildman–Crippen LogP) is 1.96. The van der Waals surface area contributed by atoms with Crippen LogP contribution in [0, 0.1) is 6.92 Å². The van der Waals surface area contributed by atoms with Crippen molar-refractivity contribution in [3.8, 4) is 11.5 Å². The number of rotatable bonds is 3. The van der Waals surface area contributed by atoms with Crippen molar-refractivity contribution < 1.29 is 17.9 Å². The summed E-state index contributed by atoms with van der Waals surface area (Å²) >= 11 is 0. The van der Waals surface area contributed by atoms with Crippen molar-refractivity contribution in [3.63, 3.8) is 0 Å². The number of hydrogen-bond donors (Lipinski definition) is 0. The Hall–Kier alpha value is -1.23. The van der Waals surface area contributed by atoms with Crippen molar-refractivity contribution in [1.82, 2.24) is 0 Å². The molecule has 1 saturated heterocycles. The van der Waals surface area contributed by atoms with Gasteiger partial charge in [-0.05, 0) is 37.5 Å². The summed E-state index contributed by atoms with van der Waals surface area (Å²) in [6, 6.07) is 5.74. The number of hydrogen-bond acceptors (Lipinski definition) is 4. The molecule has 2 rings (SSSR count). The van der Waals surface area contributed by atoms with E-state index < -0.39 is 9.84 Å². The maximum Gasteiger partial charge on any atom is 0.161 e. The van der Waals surface area contributed by atoms with Crippen LogP contribution in [0.15, 0.2) is 18.2 Å². The van der Waals surface area contributed by atoms with E-state index in [2.05, 4.69) is 0 Å². The molecule has 0 N–H and O–H groups in total. The van der Waals surface area contributed by atoms with Gasteiger partial charge in [0.1, 0.15) is 6.10 Å². The Kier molecular flexibility index (Phi) is 3.80. The van der Waals surface area contributed by atoms with Gasteiger partial charge in [0, 0.05) is 0 Å². The van der Waals surface area contributed by atoms with Crippen LogP contribution in [0.3, 0.4) is 0 Å². The van der Waals surface area contributed by atoms with E-state index in [1.165, 1.54) is 0 Å². The smallest absolute Gasteiger partial charge is 0.161 e. The second kappa shape index (κ2) is 5.18. The fourth-order valence-corrected chi connectivity index (χ4v) is 3.49. The van der Waals surface area contributed by atoms with Crippen molar-refractivity contribution in [2.45, 2.75) is 25.9 Å². The second-order valence-electron chi connectivity index (χ2n) is 4.62. The Bertz CT molecular complexity index is 508. The Labute approximate surface area is 108 Å². The topological polar surface area (TPSA) is 52.6 Å². The molecule has 4 nitrogen and oxygen atoms in total. The highest BCUT2D eigenvalue weighted by molar-refractivity contribution is 7.91. The van der Waals surface area contributed by atoms with Crippen LogP contribution >= 0.6 is 0 Å². The van der Waals surface area contributed by atoms with Gasteiger partial charge in [-0.2, -0.15) is 0 Å². The number of methoxy groups -OCH3 is 1. The second-order valence-corrected chi connectivity index (χ2v) is 6.93. The summed E-state index contributed by atoms with van der Waals surface area (Å²) < 4.78 is 33.8.